The SMILES string of the molecule is CC1(C)OB(c2c(-c3ccccc3)nn3c(-c4ccccc4)cc(-c4ccccc4)nc23)OC1(C)C. The van der Waals surface area contributed by atoms with Crippen LogP contribution in [0.15, 0.2) is 97.1 Å². The van der Waals surface area contributed by atoms with Crippen LogP contribution in [0.2, 0.25) is 0 Å². The highest BCUT2D eigenvalue weighted by Crippen LogP contribution is 2.38. The first-order valence-corrected chi connectivity index (χ1v) is 12.3. The number of hydrogen-bond acceptors (Lipinski definition) is 4. The molecule has 1 fully saturated rings. The predicted molar refractivity (Wildman–Crippen MR) is 145 cm³/mol. The molecule has 0 bridgehead atoms. The van der Waals surface area contributed by atoms with Crippen molar-refractivity contribution < 1.29 is 9.31 Å². The van der Waals surface area contributed by atoms with E-state index in [4.69, 9.17) is 19.4 Å². The molecular weight excluding hydrogens is 445 g/mol. The topological polar surface area (TPSA) is 48.7 Å². The van der Waals surface area contributed by atoms with Gasteiger partial charge in [0.2, 0.25) is 0 Å². The van der Waals surface area contributed by atoms with Gasteiger partial charge >= 0.3 is 7.12 Å². The normalized spacial score (nSPS) is 16.5. The minimum atomic E-state index is -0.607. The Kier molecular flexibility index (Phi) is 5.32. The first-order valence-electron chi connectivity index (χ1n) is 12.3. The molecule has 1 saturated heterocycles. The summed E-state index contributed by atoms with van der Waals surface area (Å²) in [5, 5.41) is 5.13. The standard InChI is InChI=1S/C30H28BN3O2/c1-29(2)30(3,4)36-31(35-29)26-27(23-18-12-7-13-19-23)33-34-25(22-16-10-6-11-17-22)20-24(32-28(26)34)21-14-8-5-9-15-21/h5-20H,1-4H3. The van der Waals surface area contributed by atoms with E-state index in [1.165, 1.54) is 0 Å². The van der Waals surface area contributed by atoms with Gasteiger partial charge in [-0.25, -0.2) is 9.50 Å². The van der Waals surface area contributed by atoms with E-state index in [0.717, 1.165) is 44.9 Å². The molecule has 5 aromatic rings. The van der Waals surface area contributed by atoms with Gasteiger partial charge in [0.15, 0.2) is 5.65 Å². The summed E-state index contributed by atoms with van der Waals surface area (Å²) in [4.78, 5) is 5.16. The van der Waals surface area contributed by atoms with Crippen molar-refractivity contribution in [1.82, 2.24) is 14.6 Å². The van der Waals surface area contributed by atoms with E-state index in [9.17, 15) is 0 Å². The van der Waals surface area contributed by atoms with Gasteiger partial charge < -0.3 is 9.31 Å². The number of aromatic nitrogens is 3. The lowest BCUT2D eigenvalue weighted by atomic mass is 9.77. The summed E-state index contributed by atoms with van der Waals surface area (Å²) in [5.74, 6) is 0. The van der Waals surface area contributed by atoms with Gasteiger partial charge in [0.25, 0.3) is 0 Å². The van der Waals surface area contributed by atoms with Crippen LogP contribution in [0, 0.1) is 0 Å². The van der Waals surface area contributed by atoms with Gasteiger partial charge in [-0.05, 0) is 33.8 Å². The van der Waals surface area contributed by atoms with Gasteiger partial charge in [-0.1, -0.05) is 91.0 Å². The Labute approximate surface area is 211 Å². The fraction of sp³-hybridized carbons (Fsp3) is 0.200. The van der Waals surface area contributed by atoms with Gasteiger partial charge in [0.05, 0.1) is 33.7 Å². The Morgan fingerprint density at radius 2 is 1.17 bits per heavy atom. The summed E-state index contributed by atoms with van der Waals surface area (Å²) in [6.45, 7) is 8.27. The second kappa shape index (κ2) is 8.44. The molecule has 0 unspecified atom stereocenters. The quantitative estimate of drug-likeness (QED) is 0.299. The Bertz CT molecular complexity index is 1510. The monoisotopic (exact) mass is 473 g/mol. The lowest BCUT2D eigenvalue weighted by Gasteiger charge is -2.32. The zero-order valence-electron chi connectivity index (χ0n) is 21.0. The Morgan fingerprint density at radius 1 is 0.667 bits per heavy atom. The number of rotatable bonds is 4. The van der Waals surface area contributed by atoms with E-state index in [1.807, 2.05) is 59.1 Å². The van der Waals surface area contributed by atoms with E-state index in [2.05, 4.69) is 70.2 Å². The highest BCUT2D eigenvalue weighted by molar-refractivity contribution is 6.66. The molecular formula is C30H28BN3O2. The third-order valence-corrected chi connectivity index (χ3v) is 7.30. The lowest BCUT2D eigenvalue weighted by molar-refractivity contribution is 0.00578. The largest absolute Gasteiger partial charge is 0.501 e. The summed E-state index contributed by atoms with van der Waals surface area (Å²) >= 11 is 0. The van der Waals surface area contributed by atoms with Crippen LogP contribution < -0.4 is 5.46 Å². The molecule has 0 radical (unpaired) electrons. The summed E-state index contributed by atoms with van der Waals surface area (Å²) in [6.07, 6.45) is 0. The number of benzene rings is 3. The molecule has 3 aromatic carbocycles. The van der Waals surface area contributed by atoms with Crippen LogP contribution in [-0.2, 0) is 9.31 Å². The molecule has 0 amide bonds. The van der Waals surface area contributed by atoms with Crippen LogP contribution in [-0.4, -0.2) is 32.9 Å². The maximum Gasteiger partial charge on any atom is 0.501 e. The van der Waals surface area contributed by atoms with Gasteiger partial charge in [-0.2, -0.15) is 5.10 Å². The number of hydrogen-bond donors (Lipinski definition) is 0. The molecule has 0 aliphatic carbocycles. The summed E-state index contributed by atoms with van der Waals surface area (Å²) in [5.41, 5.74) is 6.33. The smallest absolute Gasteiger partial charge is 0.399 e. The van der Waals surface area contributed by atoms with Crippen molar-refractivity contribution in [1.29, 1.82) is 0 Å². The van der Waals surface area contributed by atoms with E-state index in [0.29, 0.717) is 0 Å². The Balaban J connectivity index is 1.68. The van der Waals surface area contributed by atoms with Crippen molar-refractivity contribution in [3.8, 4) is 33.8 Å². The fourth-order valence-electron chi connectivity index (χ4n) is 4.59. The molecule has 0 N–H and O–H groups in total. The summed E-state index contributed by atoms with van der Waals surface area (Å²) < 4.78 is 15.0. The third-order valence-electron chi connectivity index (χ3n) is 7.30. The molecule has 5 nitrogen and oxygen atoms in total. The Morgan fingerprint density at radius 3 is 1.72 bits per heavy atom. The van der Waals surface area contributed by atoms with Crippen molar-refractivity contribution in [3.63, 3.8) is 0 Å². The van der Waals surface area contributed by atoms with Gasteiger partial charge in [-0.15, -0.1) is 0 Å². The van der Waals surface area contributed by atoms with E-state index in [1.54, 1.807) is 0 Å². The van der Waals surface area contributed by atoms with Crippen LogP contribution in [0.25, 0.3) is 39.4 Å². The molecule has 2 aromatic heterocycles. The summed E-state index contributed by atoms with van der Waals surface area (Å²) in [6, 6.07) is 32.8. The molecule has 6 heteroatoms. The van der Waals surface area contributed by atoms with Crippen LogP contribution in [0.5, 0.6) is 0 Å². The molecule has 0 spiro atoms. The maximum absolute atomic E-state index is 6.55. The van der Waals surface area contributed by atoms with Gasteiger partial charge in [0, 0.05) is 16.7 Å². The van der Waals surface area contributed by atoms with Gasteiger partial charge in [-0.3, -0.25) is 0 Å². The Hall–Kier alpha value is -3.74. The minimum Gasteiger partial charge on any atom is -0.399 e. The van der Waals surface area contributed by atoms with Crippen molar-refractivity contribution >= 4 is 18.2 Å². The molecule has 0 saturated carbocycles. The fourth-order valence-corrected chi connectivity index (χ4v) is 4.59. The van der Waals surface area contributed by atoms with Crippen LogP contribution in [0.3, 0.4) is 0 Å². The molecule has 36 heavy (non-hydrogen) atoms. The zero-order chi connectivity index (χ0) is 24.9. The predicted octanol–water partition coefficient (Wildman–Crippen LogP) is 6.03. The first kappa shape index (κ1) is 22.7. The molecule has 178 valence electrons. The zero-order valence-corrected chi connectivity index (χ0v) is 21.0. The highest BCUT2D eigenvalue weighted by Gasteiger charge is 2.53. The van der Waals surface area contributed by atoms with Crippen LogP contribution in [0.1, 0.15) is 27.7 Å². The van der Waals surface area contributed by atoms with Crippen LogP contribution in [0.4, 0.5) is 0 Å². The summed E-state index contributed by atoms with van der Waals surface area (Å²) in [7, 11) is -0.607. The van der Waals surface area contributed by atoms with Crippen LogP contribution >= 0.6 is 0 Å². The van der Waals surface area contributed by atoms with Crippen molar-refractivity contribution in [2.75, 3.05) is 0 Å². The van der Waals surface area contributed by atoms with Crippen molar-refractivity contribution in [2.45, 2.75) is 38.9 Å². The minimum absolute atomic E-state index is 0.487. The van der Waals surface area contributed by atoms with E-state index >= 15 is 0 Å². The lowest BCUT2D eigenvalue weighted by Crippen LogP contribution is -2.41. The average Bonchev–Trinajstić information content (AvgIpc) is 3.38. The molecule has 1 aliphatic heterocycles. The second-order valence-corrected chi connectivity index (χ2v) is 10.2. The molecule has 0 atom stereocenters. The third kappa shape index (κ3) is 3.74. The number of nitrogens with zero attached hydrogens (tertiary/aromatic N) is 3. The number of fused-ring (bicyclic) bond motifs is 1. The molecule has 1 aliphatic rings. The van der Waals surface area contributed by atoms with E-state index in [-0.39, 0.29) is 0 Å². The average molecular weight is 473 g/mol. The van der Waals surface area contributed by atoms with Crippen molar-refractivity contribution in [3.05, 3.63) is 97.1 Å². The van der Waals surface area contributed by atoms with Crippen molar-refractivity contribution in [2.24, 2.45) is 0 Å². The van der Waals surface area contributed by atoms with Gasteiger partial charge in [0.1, 0.15) is 0 Å². The maximum atomic E-state index is 6.55. The van der Waals surface area contributed by atoms with E-state index < -0.39 is 18.3 Å². The first-order chi connectivity index (χ1) is 17.3. The molecule has 3 heterocycles. The molecule has 6 rings (SSSR count). The second-order valence-electron chi connectivity index (χ2n) is 10.2. The highest BCUT2D eigenvalue weighted by atomic mass is 16.7.